The maximum atomic E-state index is 10.3. The van der Waals surface area contributed by atoms with Crippen molar-refractivity contribution < 1.29 is 4.79 Å². The number of aromatic amines is 1. The first kappa shape index (κ1) is 6.90. The van der Waals surface area contributed by atoms with Gasteiger partial charge in [-0.2, -0.15) is 5.10 Å². The van der Waals surface area contributed by atoms with Gasteiger partial charge in [0.25, 0.3) is 0 Å². The number of hydrogen-bond acceptors (Lipinski definition) is 4. The fourth-order valence-corrected chi connectivity index (χ4v) is 1.00. The van der Waals surface area contributed by atoms with Crippen LogP contribution in [0.3, 0.4) is 0 Å². The summed E-state index contributed by atoms with van der Waals surface area (Å²) in [5, 5.41) is 6.69. The highest BCUT2D eigenvalue weighted by Gasteiger charge is 2.03. The lowest BCUT2D eigenvalue weighted by Crippen LogP contribution is -1.91. The molecule has 5 nitrogen and oxygen atoms in total. The molecule has 0 unspecified atom stereocenters. The number of nitrogens with zero attached hydrogens (tertiary/aromatic N) is 3. The number of carbonyl (C=O) groups is 1. The van der Waals surface area contributed by atoms with Crippen LogP contribution in [0, 0.1) is 6.92 Å². The summed E-state index contributed by atoms with van der Waals surface area (Å²) in [6.45, 7) is 1.84. The molecule has 0 amide bonds. The predicted molar refractivity (Wildman–Crippen MR) is 41.8 cm³/mol. The molecule has 0 aliphatic rings. The third-order valence-electron chi connectivity index (χ3n) is 1.59. The molecule has 2 aromatic rings. The van der Waals surface area contributed by atoms with Gasteiger partial charge in [0, 0.05) is 0 Å². The van der Waals surface area contributed by atoms with E-state index in [1.54, 1.807) is 0 Å². The summed E-state index contributed by atoms with van der Waals surface area (Å²) in [5.41, 5.74) is 2.22. The Morgan fingerprint density at radius 3 is 3.17 bits per heavy atom. The molecule has 12 heavy (non-hydrogen) atoms. The zero-order valence-electron chi connectivity index (χ0n) is 6.40. The highest BCUT2D eigenvalue weighted by Crippen LogP contribution is 2.09. The van der Waals surface area contributed by atoms with Crippen LogP contribution in [0.2, 0.25) is 0 Å². The first-order valence-electron chi connectivity index (χ1n) is 3.44. The van der Waals surface area contributed by atoms with Gasteiger partial charge in [-0.1, -0.05) is 0 Å². The Hall–Kier alpha value is -1.78. The van der Waals surface area contributed by atoms with Gasteiger partial charge in [-0.05, 0) is 6.92 Å². The van der Waals surface area contributed by atoms with Crippen molar-refractivity contribution in [1.82, 2.24) is 20.2 Å². The van der Waals surface area contributed by atoms with Crippen molar-refractivity contribution >= 4 is 17.3 Å². The molecule has 1 N–H and O–H groups in total. The van der Waals surface area contributed by atoms with Crippen molar-refractivity contribution in [2.75, 3.05) is 0 Å². The van der Waals surface area contributed by atoms with Crippen LogP contribution in [-0.2, 0) is 0 Å². The summed E-state index contributed by atoms with van der Waals surface area (Å²) in [5.74, 6) is 0.187. The van der Waals surface area contributed by atoms with Gasteiger partial charge >= 0.3 is 0 Å². The largest absolute Gasteiger partial charge is 0.294 e. The van der Waals surface area contributed by atoms with Gasteiger partial charge in [-0.3, -0.25) is 9.89 Å². The number of fused-ring (bicyclic) bond motifs is 1. The van der Waals surface area contributed by atoms with Crippen LogP contribution in [-0.4, -0.2) is 26.5 Å². The van der Waals surface area contributed by atoms with Crippen LogP contribution in [0.4, 0.5) is 0 Å². The number of nitrogens with one attached hydrogen (secondary N) is 1. The van der Waals surface area contributed by atoms with Crippen molar-refractivity contribution in [3.8, 4) is 0 Å². The molecule has 0 bridgehead atoms. The molecule has 0 spiro atoms. The van der Waals surface area contributed by atoms with Gasteiger partial charge in [-0.25, -0.2) is 9.97 Å². The highest BCUT2D eigenvalue weighted by atomic mass is 16.1. The fraction of sp³-hybridized carbons (Fsp3) is 0.143. The van der Waals surface area contributed by atoms with E-state index in [9.17, 15) is 4.79 Å². The van der Waals surface area contributed by atoms with Gasteiger partial charge in [0.2, 0.25) is 0 Å². The molecule has 60 valence electrons. The zero-order valence-corrected chi connectivity index (χ0v) is 6.40. The zero-order chi connectivity index (χ0) is 8.55. The fourth-order valence-electron chi connectivity index (χ4n) is 1.00. The first-order valence-corrected chi connectivity index (χ1v) is 3.44. The van der Waals surface area contributed by atoms with Gasteiger partial charge < -0.3 is 0 Å². The molecule has 0 saturated heterocycles. The Bertz CT molecular complexity index is 434. The number of aryl methyl sites for hydroxylation is 1. The van der Waals surface area contributed by atoms with Crippen LogP contribution in [0.1, 0.15) is 16.3 Å². The molecule has 0 aliphatic heterocycles. The number of hydrogen-bond donors (Lipinski definition) is 1. The Balaban J connectivity index is 2.79. The number of aromatic nitrogens is 4. The molecule has 0 aliphatic carbocycles. The Labute approximate surface area is 67.8 Å². The van der Waals surface area contributed by atoms with Crippen molar-refractivity contribution in [1.29, 1.82) is 0 Å². The summed E-state index contributed by atoms with van der Waals surface area (Å²) in [4.78, 5) is 18.1. The van der Waals surface area contributed by atoms with E-state index in [1.165, 1.54) is 6.20 Å². The van der Waals surface area contributed by atoms with E-state index in [0.29, 0.717) is 17.3 Å². The Kier molecular flexibility index (Phi) is 1.36. The molecule has 0 aromatic carbocycles. The summed E-state index contributed by atoms with van der Waals surface area (Å²) in [6.07, 6.45) is 2.14. The average Bonchev–Trinajstić information content (AvgIpc) is 2.47. The van der Waals surface area contributed by atoms with E-state index >= 15 is 0 Å². The van der Waals surface area contributed by atoms with Crippen LogP contribution < -0.4 is 0 Å². The normalized spacial score (nSPS) is 10.4. The van der Waals surface area contributed by atoms with Crippen LogP contribution in [0.5, 0.6) is 0 Å². The average molecular weight is 162 g/mol. The predicted octanol–water partition coefficient (Wildman–Crippen LogP) is 0.474. The van der Waals surface area contributed by atoms with Gasteiger partial charge in [0.05, 0.1) is 11.9 Å². The van der Waals surface area contributed by atoms with Gasteiger partial charge in [-0.15, -0.1) is 0 Å². The minimum absolute atomic E-state index is 0.187. The number of rotatable bonds is 1. The van der Waals surface area contributed by atoms with E-state index in [1.807, 2.05) is 6.92 Å². The van der Waals surface area contributed by atoms with E-state index < -0.39 is 0 Å². The quantitative estimate of drug-likeness (QED) is 0.619. The molecular formula is C7H6N4O. The molecular weight excluding hydrogens is 156 g/mol. The SMILES string of the molecule is Cc1[nH]nc2cnc(C=O)nc12. The number of carbonyl (C=O) groups excluding carboxylic acids is 1. The molecule has 0 saturated carbocycles. The Morgan fingerprint density at radius 2 is 2.42 bits per heavy atom. The van der Waals surface area contributed by atoms with Crippen molar-refractivity contribution in [2.45, 2.75) is 6.92 Å². The highest BCUT2D eigenvalue weighted by molar-refractivity contribution is 5.79. The van der Waals surface area contributed by atoms with Crippen LogP contribution >= 0.6 is 0 Å². The van der Waals surface area contributed by atoms with E-state index in [2.05, 4.69) is 20.2 Å². The summed E-state index contributed by atoms with van der Waals surface area (Å²) < 4.78 is 0. The van der Waals surface area contributed by atoms with Crippen molar-refractivity contribution in [3.63, 3.8) is 0 Å². The van der Waals surface area contributed by atoms with Crippen molar-refractivity contribution in [3.05, 3.63) is 17.7 Å². The third kappa shape index (κ3) is 0.868. The number of aldehydes is 1. The van der Waals surface area contributed by atoms with Crippen LogP contribution in [0.25, 0.3) is 11.0 Å². The second kappa shape index (κ2) is 2.37. The summed E-state index contributed by atoms with van der Waals surface area (Å²) in [6, 6.07) is 0. The van der Waals surface area contributed by atoms with Gasteiger partial charge in [0.15, 0.2) is 12.1 Å². The maximum Gasteiger partial charge on any atom is 0.193 e. The second-order valence-corrected chi connectivity index (χ2v) is 2.43. The monoisotopic (exact) mass is 162 g/mol. The van der Waals surface area contributed by atoms with E-state index in [4.69, 9.17) is 0 Å². The molecule has 0 atom stereocenters. The molecule has 2 heterocycles. The van der Waals surface area contributed by atoms with E-state index in [-0.39, 0.29) is 5.82 Å². The molecule has 2 aromatic heterocycles. The van der Waals surface area contributed by atoms with Crippen LogP contribution in [0.15, 0.2) is 6.20 Å². The van der Waals surface area contributed by atoms with Crippen molar-refractivity contribution in [2.24, 2.45) is 0 Å². The molecule has 0 radical (unpaired) electrons. The molecule has 0 fully saturated rings. The minimum Gasteiger partial charge on any atom is -0.294 e. The summed E-state index contributed by atoms with van der Waals surface area (Å²) in [7, 11) is 0. The Morgan fingerprint density at radius 1 is 1.58 bits per heavy atom. The lowest BCUT2D eigenvalue weighted by molar-refractivity contribution is 0.111. The smallest absolute Gasteiger partial charge is 0.193 e. The standard InChI is InChI=1S/C7H6N4O/c1-4-7-5(11-10-4)2-8-6(3-12)9-7/h2-3H,1H3,(H,10,11). The molecule has 5 heteroatoms. The topological polar surface area (TPSA) is 71.5 Å². The lowest BCUT2D eigenvalue weighted by Gasteiger charge is -1.88. The maximum absolute atomic E-state index is 10.3. The summed E-state index contributed by atoms with van der Waals surface area (Å²) >= 11 is 0. The van der Waals surface area contributed by atoms with Gasteiger partial charge in [0.1, 0.15) is 11.0 Å². The first-order chi connectivity index (χ1) is 5.81. The third-order valence-corrected chi connectivity index (χ3v) is 1.59. The minimum atomic E-state index is 0.187. The number of H-pyrrole nitrogens is 1. The van der Waals surface area contributed by atoms with E-state index in [0.717, 1.165) is 5.69 Å². The lowest BCUT2D eigenvalue weighted by atomic mass is 10.4. The molecule has 2 rings (SSSR count). The second-order valence-electron chi connectivity index (χ2n) is 2.43.